The maximum Gasteiger partial charge on any atom is 0.338 e. The monoisotopic (exact) mass is 358 g/mol. The Balaban J connectivity index is 1.89. The summed E-state index contributed by atoms with van der Waals surface area (Å²) < 4.78 is 10.3. The second kappa shape index (κ2) is 9.75. The van der Waals surface area contributed by atoms with E-state index in [-0.39, 0.29) is 11.9 Å². The topological polar surface area (TPSA) is 81.3 Å². The molecule has 1 N–H and O–H groups in total. The minimum atomic E-state index is -0.378. The van der Waals surface area contributed by atoms with Gasteiger partial charge in [-0.25, -0.2) is 14.6 Å². The number of esters is 2. The first kappa shape index (κ1) is 19.7. The Morgan fingerprint density at radius 2 is 1.92 bits per heavy atom. The molecular weight excluding hydrogens is 332 g/mol. The standard InChI is InChI=1S/C20H26N2O4/c1-4-5-6-11-26-20(24)15-9-10-16-17(13-15)22-18(21-16)8-7-12-25-19(23)14(2)3/h9-10,13H,2,4-8,11-12H2,1,3H3,(H,21,22). The molecule has 0 bridgehead atoms. The molecule has 0 aliphatic rings. The van der Waals surface area contributed by atoms with Crippen LogP contribution in [0.2, 0.25) is 0 Å². The molecule has 0 atom stereocenters. The summed E-state index contributed by atoms with van der Waals surface area (Å²) in [6.07, 6.45) is 4.33. The number of hydrogen-bond donors (Lipinski definition) is 1. The summed E-state index contributed by atoms with van der Waals surface area (Å²) in [7, 11) is 0. The summed E-state index contributed by atoms with van der Waals surface area (Å²) in [5.41, 5.74) is 2.49. The fraction of sp³-hybridized carbons (Fsp3) is 0.450. The van der Waals surface area contributed by atoms with E-state index in [1.54, 1.807) is 25.1 Å². The fourth-order valence-corrected chi connectivity index (χ4v) is 2.44. The average molecular weight is 358 g/mol. The summed E-state index contributed by atoms with van der Waals surface area (Å²) in [5, 5.41) is 0. The van der Waals surface area contributed by atoms with Crippen LogP contribution >= 0.6 is 0 Å². The van der Waals surface area contributed by atoms with Gasteiger partial charge < -0.3 is 14.5 Å². The van der Waals surface area contributed by atoms with Crippen LogP contribution in [0.25, 0.3) is 11.0 Å². The van der Waals surface area contributed by atoms with Gasteiger partial charge in [0.1, 0.15) is 5.82 Å². The van der Waals surface area contributed by atoms with Gasteiger partial charge in [-0.1, -0.05) is 26.3 Å². The van der Waals surface area contributed by atoms with Crippen molar-refractivity contribution in [3.05, 3.63) is 41.7 Å². The fourth-order valence-electron chi connectivity index (χ4n) is 2.44. The third-order valence-corrected chi connectivity index (χ3v) is 3.89. The van der Waals surface area contributed by atoms with E-state index in [1.165, 1.54) is 0 Å². The highest BCUT2D eigenvalue weighted by Gasteiger charge is 2.10. The van der Waals surface area contributed by atoms with E-state index in [2.05, 4.69) is 23.5 Å². The number of imidazole rings is 1. The van der Waals surface area contributed by atoms with Gasteiger partial charge >= 0.3 is 11.9 Å². The van der Waals surface area contributed by atoms with Crippen LogP contribution in [0.5, 0.6) is 0 Å². The molecule has 1 aromatic carbocycles. The lowest BCUT2D eigenvalue weighted by molar-refractivity contribution is -0.139. The Kier molecular flexibility index (Phi) is 7.38. The molecule has 0 aliphatic carbocycles. The normalized spacial score (nSPS) is 10.7. The van der Waals surface area contributed by atoms with Crippen LogP contribution < -0.4 is 0 Å². The highest BCUT2D eigenvalue weighted by atomic mass is 16.5. The number of hydrogen-bond acceptors (Lipinski definition) is 5. The molecule has 0 aliphatic heterocycles. The van der Waals surface area contributed by atoms with Crippen molar-refractivity contribution in [2.75, 3.05) is 13.2 Å². The zero-order valence-electron chi connectivity index (χ0n) is 15.5. The van der Waals surface area contributed by atoms with Gasteiger partial charge in [0.2, 0.25) is 0 Å². The van der Waals surface area contributed by atoms with Gasteiger partial charge in [-0.15, -0.1) is 0 Å². The molecule has 0 amide bonds. The third-order valence-electron chi connectivity index (χ3n) is 3.89. The summed E-state index contributed by atoms with van der Waals surface area (Å²) in [6, 6.07) is 5.29. The molecule has 0 fully saturated rings. The number of nitrogens with one attached hydrogen (secondary N) is 1. The number of aryl methyl sites for hydroxylation is 1. The Morgan fingerprint density at radius 3 is 2.65 bits per heavy atom. The maximum absolute atomic E-state index is 12.1. The third kappa shape index (κ3) is 5.72. The second-order valence-corrected chi connectivity index (χ2v) is 6.28. The molecule has 6 nitrogen and oxygen atoms in total. The van der Waals surface area contributed by atoms with Gasteiger partial charge in [0.15, 0.2) is 0 Å². The Labute approximate surface area is 153 Å². The largest absolute Gasteiger partial charge is 0.462 e. The average Bonchev–Trinajstić information content (AvgIpc) is 3.03. The number of rotatable bonds is 10. The first-order chi connectivity index (χ1) is 12.5. The number of benzene rings is 1. The van der Waals surface area contributed by atoms with E-state index in [4.69, 9.17) is 9.47 Å². The van der Waals surface area contributed by atoms with Gasteiger partial charge in [-0.2, -0.15) is 0 Å². The lowest BCUT2D eigenvalue weighted by atomic mass is 10.2. The summed E-state index contributed by atoms with van der Waals surface area (Å²) in [5.74, 6) is 0.0994. The molecule has 0 saturated heterocycles. The number of H-pyrrole nitrogens is 1. The maximum atomic E-state index is 12.1. The van der Waals surface area contributed by atoms with E-state index < -0.39 is 0 Å². The molecular formula is C20H26N2O4. The number of carbonyl (C=O) groups excluding carboxylic acids is 2. The number of aromatic nitrogens is 2. The van der Waals surface area contributed by atoms with Crippen LogP contribution in [0, 0.1) is 0 Å². The Bertz CT molecular complexity index is 779. The van der Waals surface area contributed by atoms with Crippen molar-refractivity contribution in [3.63, 3.8) is 0 Å². The molecule has 0 radical (unpaired) electrons. The highest BCUT2D eigenvalue weighted by molar-refractivity contribution is 5.93. The lowest BCUT2D eigenvalue weighted by Gasteiger charge is -2.04. The van der Waals surface area contributed by atoms with E-state index in [1.807, 2.05) is 0 Å². The quantitative estimate of drug-likeness (QED) is 0.395. The smallest absolute Gasteiger partial charge is 0.338 e. The summed E-state index contributed by atoms with van der Waals surface area (Å²) in [4.78, 5) is 31.1. The van der Waals surface area contributed by atoms with Crippen LogP contribution in [0.3, 0.4) is 0 Å². The van der Waals surface area contributed by atoms with Crippen molar-refractivity contribution < 1.29 is 19.1 Å². The molecule has 0 unspecified atom stereocenters. The highest BCUT2D eigenvalue weighted by Crippen LogP contribution is 2.16. The van der Waals surface area contributed by atoms with Crippen LogP contribution in [-0.2, 0) is 20.7 Å². The molecule has 0 spiro atoms. The number of carbonyl (C=O) groups is 2. The van der Waals surface area contributed by atoms with Gasteiger partial charge in [-0.3, -0.25) is 0 Å². The number of unbranched alkanes of at least 4 members (excludes halogenated alkanes) is 2. The lowest BCUT2D eigenvalue weighted by Crippen LogP contribution is -2.07. The SMILES string of the molecule is C=C(C)C(=O)OCCCc1nc2ccc(C(=O)OCCCCC)cc2[nH]1. The number of fused-ring (bicyclic) bond motifs is 1. The summed E-state index contributed by atoms with van der Waals surface area (Å²) >= 11 is 0. The second-order valence-electron chi connectivity index (χ2n) is 6.28. The van der Waals surface area contributed by atoms with Crippen LogP contribution in [0.15, 0.2) is 30.4 Å². The number of nitrogens with zero attached hydrogens (tertiary/aromatic N) is 1. The molecule has 6 heteroatoms. The van der Waals surface area contributed by atoms with Crippen LogP contribution in [0.1, 0.15) is 55.7 Å². The van der Waals surface area contributed by atoms with Crippen LogP contribution in [0.4, 0.5) is 0 Å². The van der Waals surface area contributed by atoms with E-state index in [0.29, 0.717) is 37.2 Å². The van der Waals surface area contributed by atoms with Gasteiger partial charge in [-0.05, 0) is 38.0 Å². The predicted molar refractivity (Wildman–Crippen MR) is 100.0 cm³/mol. The molecule has 1 heterocycles. The first-order valence-corrected chi connectivity index (χ1v) is 8.99. The van der Waals surface area contributed by atoms with E-state index in [0.717, 1.165) is 36.1 Å². The molecule has 2 aromatic rings. The van der Waals surface area contributed by atoms with Crippen molar-refractivity contribution in [1.82, 2.24) is 9.97 Å². The molecule has 26 heavy (non-hydrogen) atoms. The van der Waals surface area contributed by atoms with E-state index >= 15 is 0 Å². The van der Waals surface area contributed by atoms with Crippen molar-refractivity contribution in [2.45, 2.75) is 46.0 Å². The minimum absolute atomic E-state index is 0.314. The predicted octanol–water partition coefficient (Wildman–Crippen LogP) is 3.96. The first-order valence-electron chi connectivity index (χ1n) is 8.99. The Morgan fingerprint density at radius 1 is 1.15 bits per heavy atom. The van der Waals surface area contributed by atoms with Crippen molar-refractivity contribution >= 4 is 23.0 Å². The van der Waals surface area contributed by atoms with Crippen molar-refractivity contribution in [1.29, 1.82) is 0 Å². The zero-order chi connectivity index (χ0) is 18.9. The van der Waals surface area contributed by atoms with Gasteiger partial charge in [0, 0.05) is 12.0 Å². The van der Waals surface area contributed by atoms with E-state index in [9.17, 15) is 9.59 Å². The van der Waals surface area contributed by atoms with Gasteiger partial charge in [0.05, 0.1) is 29.8 Å². The minimum Gasteiger partial charge on any atom is -0.462 e. The molecule has 140 valence electrons. The molecule has 1 aromatic heterocycles. The molecule has 2 rings (SSSR count). The zero-order valence-corrected chi connectivity index (χ0v) is 15.5. The Hall–Kier alpha value is -2.63. The van der Waals surface area contributed by atoms with Crippen molar-refractivity contribution in [3.8, 4) is 0 Å². The van der Waals surface area contributed by atoms with Crippen molar-refractivity contribution in [2.24, 2.45) is 0 Å². The number of aromatic amines is 1. The molecule has 0 saturated carbocycles. The summed E-state index contributed by atoms with van der Waals surface area (Å²) in [6.45, 7) is 8.03. The van der Waals surface area contributed by atoms with Gasteiger partial charge in [0.25, 0.3) is 0 Å². The number of ether oxygens (including phenoxy) is 2. The van der Waals surface area contributed by atoms with Crippen LogP contribution in [-0.4, -0.2) is 35.1 Å².